The lowest BCUT2D eigenvalue weighted by Gasteiger charge is -2.29. The van der Waals surface area contributed by atoms with Crippen LogP contribution < -0.4 is 5.73 Å². The molecule has 7 heteroatoms. The molecule has 1 aromatic rings. The second-order valence-electron chi connectivity index (χ2n) is 4.99. The lowest BCUT2D eigenvalue weighted by atomic mass is 10.0. The summed E-state index contributed by atoms with van der Waals surface area (Å²) in [6.45, 7) is 2.66. The van der Waals surface area contributed by atoms with E-state index in [9.17, 15) is 14.7 Å². The first kappa shape index (κ1) is 15.2. The largest absolute Gasteiger partial charge is 0.481 e. The number of amides is 1. The number of anilines is 1. The van der Waals surface area contributed by atoms with Crippen molar-refractivity contribution in [3.8, 4) is 0 Å². The highest BCUT2D eigenvalue weighted by atomic mass is 16.5. The van der Waals surface area contributed by atoms with Gasteiger partial charge in [0.05, 0.1) is 37.6 Å². The number of hydrogen-bond acceptors (Lipinski definition) is 5. The molecule has 1 aliphatic rings. The van der Waals surface area contributed by atoms with E-state index in [0.29, 0.717) is 17.9 Å². The molecule has 1 saturated heterocycles. The lowest BCUT2D eigenvalue weighted by molar-refractivity contribution is -0.144. The molecule has 21 heavy (non-hydrogen) atoms. The van der Waals surface area contributed by atoms with Gasteiger partial charge in [-0.3, -0.25) is 14.6 Å². The molecule has 1 fully saturated rings. The minimum Gasteiger partial charge on any atom is -0.481 e. The van der Waals surface area contributed by atoms with Crippen LogP contribution in [0, 0.1) is 5.92 Å². The summed E-state index contributed by atoms with van der Waals surface area (Å²) in [5, 5.41) is 9.19. The summed E-state index contributed by atoms with van der Waals surface area (Å²) in [6.07, 6.45) is 1.62. The van der Waals surface area contributed by atoms with Crippen molar-refractivity contribution in [2.75, 3.05) is 25.5 Å². The van der Waals surface area contributed by atoms with Gasteiger partial charge in [-0.1, -0.05) is 0 Å². The molecule has 1 aromatic heterocycles. The monoisotopic (exact) mass is 293 g/mol. The topological polar surface area (TPSA) is 106 Å². The Morgan fingerprint density at radius 1 is 1.48 bits per heavy atom. The normalized spacial score (nSPS) is 21.2. The summed E-state index contributed by atoms with van der Waals surface area (Å²) in [6, 6.07) is 2.96. The average molecular weight is 293 g/mol. The van der Waals surface area contributed by atoms with Crippen molar-refractivity contribution in [3.63, 3.8) is 0 Å². The van der Waals surface area contributed by atoms with E-state index in [2.05, 4.69) is 4.98 Å². The molecule has 0 aliphatic carbocycles. The maximum atomic E-state index is 12.4. The van der Waals surface area contributed by atoms with Gasteiger partial charge in [-0.05, 0) is 19.1 Å². The lowest BCUT2D eigenvalue weighted by Crippen LogP contribution is -2.47. The summed E-state index contributed by atoms with van der Waals surface area (Å²) in [5.74, 6) is -1.76. The Bertz CT molecular complexity index is 517. The van der Waals surface area contributed by atoms with Gasteiger partial charge in [0, 0.05) is 12.2 Å². The number of aromatic nitrogens is 1. The molecule has 1 aliphatic heterocycles. The van der Waals surface area contributed by atoms with Crippen molar-refractivity contribution in [2.24, 2.45) is 5.92 Å². The molecule has 114 valence electrons. The van der Waals surface area contributed by atoms with Crippen LogP contribution in [0.1, 0.15) is 12.6 Å². The number of nitrogen functional groups attached to an aromatic ring is 1. The first-order valence-corrected chi connectivity index (χ1v) is 6.83. The summed E-state index contributed by atoms with van der Waals surface area (Å²) in [5.41, 5.74) is 6.70. The quantitative estimate of drug-likeness (QED) is 0.800. The van der Waals surface area contributed by atoms with Gasteiger partial charge in [0.25, 0.3) is 0 Å². The van der Waals surface area contributed by atoms with E-state index in [1.807, 2.05) is 6.92 Å². The van der Waals surface area contributed by atoms with Crippen LogP contribution in [0.25, 0.3) is 0 Å². The van der Waals surface area contributed by atoms with Crippen molar-refractivity contribution >= 4 is 17.6 Å². The van der Waals surface area contributed by atoms with Crippen LogP contribution in [-0.2, 0) is 20.7 Å². The molecule has 0 saturated carbocycles. The molecule has 3 N–H and O–H groups in total. The SMILES string of the molecule is CCN(C(=O)Cc1ccc(N)cn1)C1COCC1C(=O)O. The fraction of sp³-hybridized carbons (Fsp3) is 0.500. The molecule has 2 rings (SSSR count). The minimum absolute atomic E-state index is 0.122. The third-order valence-corrected chi connectivity index (χ3v) is 3.61. The number of carboxylic acids is 1. The molecule has 1 amide bonds. The Balaban J connectivity index is 2.07. The zero-order valence-electron chi connectivity index (χ0n) is 11.9. The molecule has 0 aromatic carbocycles. The number of nitrogens with two attached hydrogens (primary N) is 1. The Morgan fingerprint density at radius 3 is 2.81 bits per heavy atom. The van der Waals surface area contributed by atoms with Gasteiger partial charge in [-0.2, -0.15) is 0 Å². The van der Waals surface area contributed by atoms with Crippen LogP contribution >= 0.6 is 0 Å². The maximum absolute atomic E-state index is 12.4. The highest BCUT2D eigenvalue weighted by Gasteiger charge is 2.39. The van der Waals surface area contributed by atoms with Crippen molar-refractivity contribution < 1.29 is 19.4 Å². The van der Waals surface area contributed by atoms with Crippen LogP contribution in [0.2, 0.25) is 0 Å². The van der Waals surface area contributed by atoms with Crippen LogP contribution in [0.4, 0.5) is 5.69 Å². The van der Waals surface area contributed by atoms with E-state index in [1.165, 1.54) is 6.20 Å². The predicted octanol–water partition coefficient (Wildman–Crippen LogP) is 0.154. The number of rotatable bonds is 5. The maximum Gasteiger partial charge on any atom is 0.311 e. The standard InChI is InChI=1S/C14H19N3O4/c1-2-17(12-8-21-7-11(12)14(19)20)13(18)5-10-4-3-9(15)6-16-10/h3-4,6,11-12H,2,5,7-8,15H2,1H3,(H,19,20). The summed E-state index contributed by atoms with van der Waals surface area (Å²) >= 11 is 0. The number of carbonyl (C=O) groups is 2. The van der Waals surface area contributed by atoms with E-state index in [-0.39, 0.29) is 25.5 Å². The summed E-state index contributed by atoms with van der Waals surface area (Å²) in [7, 11) is 0. The molecule has 0 spiro atoms. The molecule has 2 atom stereocenters. The minimum atomic E-state index is -0.936. The molecule has 7 nitrogen and oxygen atoms in total. The van der Waals surface area contributed by atoms with Crippen LogP contribution in [0.15, 0.2) is 18.3 Å². The number of ether oxygens (including phenoxy) is 1. The Labute approximate surface area is 122 Å². The number of pyridine rings is 1. The van der Waals surface area contributed by atoms with Crippen LogP contribution in [0.5, 0.6) is 0 Å². The summed E-state index contributed by atoms with van der Waals surface area (Å²) in [4.78, 5) is 29.3. The molecule has 2 unspecified atom stereocenters. The van der Waals surface area contributed by atoms with Crippen molar-refractivity contribution in [2.45, 2.75) is 19.4 Å². The van der Waals surface area contributed by atoms with Gasteiger partial charge < -0.3 is 20.5 Å². The van der Waals surface area contributed by atoms with Crippen LogP contribution in [-0.4, -0.2) is 52.7 Å². The van der Waals surface area contributed by atoms with Crippen molar-refractivity contribution in [3.05, 3.63) is 24.0 Å². The molecular formula is C14H19N3O4. The Hall–Kier alpha value is -2.15. The second-order valence-corrected chi connectivity index (χ2v) is 4.99. The molecular weight excluding hydrogens is 274 g/mol. The van der Waals surface area contributed by atoms with Gasteiger partial charge >= 0.3 is 5.97 Å². The second kappa shape index (κ2) is 6.53. The summed E-state index contributed by atoms with van der Waals surface area (Å²) < 4.78 is 5.22. The third-order valence-electron chi connectivity index (χ3n) is 3.61. The van der Waals surface area contributed by atoms with Crippen LogP contribution in [0.3, 0.4) is 0 Å². The Kier molecular flexibility index (Phi) is 4.74. The zero-order chi connectivity index (χ0) is 15.4. The Morgan fingerprint density at radius 2 is 2.24 bits per heavy atom. The fourth-order valence-corrected chi connectivity index (χ4v) is 2.48. The smallest absolute Gasteiger partial charge is 0.311 e. The number of carbonyl (C=O) groups excluding carboxylic acids is 1. The van der Waals surface area contributed by atoms with E-state index in [4.69, 9.17) is 10.5 Å². The number of likely N-dealkylation sites (N-methyl/N-ethyl adjacent to an activating group) is 1. The predicted molar refractivity (Wildman–Crippen MR) is 75.5 cm³/mol. The number of carboxylic acid groups (broad SMARTS) is 1. The van der Waals surface area contributed by atoms with Gasteiger partial charge in [0.2, 0.25) is 5.91 Å². The van der Waals surface area contributed by atoms with Crippen molar-refractivity contribution in [1.29, 1.82) is 0 Å². The first-order chi connectivity index (χ1) is 10.0. The molecule has 0 bridgehead atoms. The highest BCUT2D eigenvalue weighted by molar-refractivity contribution is 5.80. The van der Waals surface area contributed by atoms with Gasteiger partial charge in [-0.15, -0.1) is 0 Å². The van der Waals surface area contributed by atoms with Gasteiger partial charge in [0.15, 0.2) is 0 Å². The van der Waals surface area contributed by atoms with Gasteiger partial charge in [-0.25, -0.2) is 0 Å². The molecule has 2 heterocycles. The van der Waals surface area contributed by atoms with Gasteiger partial charge in [0.1, 0.15) is 5.92 Å². The first-order valence-electron chi connectivity index (χ1n) is 6.83. The fourth-order valence-electron chi connectivity index (χ4n) is 2.48. The third kappa shape index (κ3) is 3.49. The van der Waals surface area contributed by atoms with Crippen molar-refractivity contribution in [1.82, 2.24) is 9.88 Å². The van der Waals surface area contributed by atoms with E-state index >= 15 is 0 Å². The average Bonchev–Trinajstić information content (AvgIpc) is 2.91. The number of aliphatic carboxylic acids is 1. The van der Waals surface area contributed by atoms with E-state index < -0.39 is 17.9 Å². The number of nitrogens with zero attached hydrogens (tertiary/aromatic N) is 2. The molecule has 0 radical (unpaired) electrons. The zero-order valence-corrected chi connectivity index (χ0v) is 11.9. The van der Waals surface area contributed by atoms with E-state index in [1.54, 1.807) is 17.0 Å². The highest BCUT2D eigenvalue weighted by Crippen LogP contribution is 2.21. The number of hydrogen-bond donors (Lipinski definition) is 2. The van der Waals surface area contributed by atoms with E-state index in [0.717, 1.165) is 0 Å².